The van der Waals surface area contributed by atoms with E-state index in [1.807, 2.05) is 25.7 Å². The van der Waals surface area contributed by atoms with Crippen LogP contribution in [-0.2, 0) is 14.3 Å². The fraction of sp³-hybridized carbons (Fsp3) is 0.895. The van der Waals surface area contributed by atoms with Crippen molar-refractivity contribution in [2.24, 2.45) is 10.8 Å². The van der Waals surface area contributed by atoms with Crippen molar-refractivity contribution in [3.63, 3.8) is 0 Å². The molecule has 4 rings (SSSR count). The molecular weight excluding hydrogens is 322 g/mol. The van der Waals surface area contributed by atoms with Crippen molar-refractivity contribution in [3.8, 4) is 0 Å². The SMILES string of the molecule is CC(C)(C)OC(=O)N(CC12CCC(C(=O)O)(CC1)CC2)C1CCOC1. The Hall–Kier alpha value is -1.30. The van der Waals surface area contributed by atoms with Gasteiger partial charge in [-0.25, -0.2) is 4.79 Å². The topological polar surface area (TPSA) is 76.1 Å². The Morgan fingerprint density at radius 3 is 2.20 bits per heavy atom. The summed E-state index contributed by atoms with van der Waals surface area (Å²) in [5.41, 5.74) is -1.00. The maximum Gasteiger partial charge on any atom is 0.410 e. The van der Waals surface area contributed by atoms with Crippen LogP contribution in [0.15, 0.2) is 0 Å². The van der Waals surface area contributed by atoms with E-state index < -0.39 is 17.0 Å². The van der Waals surface area contributed by atoms with Gasteiger partial charge in [-0.05, 0) is 71.1 Å². The van der Waals surface area contributed by atoms with Crippen LogP contribution < -0.4 is 0 Å². The van der Waals surface area contributed by atoms with Gasteiger partial charge in [0.25, 0.3) is 0 Å². The zero-order chi connectivity index (χ0) is 18.3. The summed E-state index contributed by atoms with van der Waals surface area (Å²) in [5, 5.41) is 9.57. The molecule has 1 saturated heterocycles. The first-order valence-electron chi connectivity index (χ1n) is 9.46. The summed E-state index contributed by atoms with van der Waals surface area (Å²) in [7, 11) is 0. The smallest absolute Gasteiger partial charge is 0.410 e. The summed E-state index contributed by atoms with van der Waals surface area (Å²) >= 11 is 0. The van der Waals surface area contributed by atoms with Crippen molar-refractivity contribution in [1.29, 1.82) is 0 Å². The third-order valence-electron chi connectivity index (χ3n) is 6.34. The molecule has 1 unspecified atom stereocenters. The van der Waals surface area contributed by atoms with Crippen molar-refractivity contribution in [2.45, 2.75) is 77.4 Å². The highest BCUT2D eigenvalue weighted by atomic mass is 16.6. The summed E-state index contributed by atoms with van der Waals surface area (Å²) < 4.78 is 11.2. The van der Waals surface area contributed by atoms with E-state index in [0.717, 1.165) is 44.9 Å². The maximum absolute atomic E-state index is 12.8. The van der Waals surface area contributed by atoms with Crippen molar-refractivity contribution in [2.75, 3.05) is 19.8 Å². The predicted octanol–water partition coefficient (Wildman–Crippen LogP) is 3.44. The Morgan fingerprint density at radius 1 is 1.16 bits per heavy atom. The maximum atomic E-state index is 12.8. The molecule has 1 atom stereocenters. The molecule has 4 aliphatic rings. The quantitative estimate of drug-likeness (QED) is 0.838. The number of nitrogens with zero attached hydrogens (tertiary/aromatic N) is 1. The van der Waals surface area contributed by atoms with Gasteiger partial charge < -0.3 is 19.5 Å². The van der Waals surface area contributed by atoms with Gasteiger partial charge in [-0.2, -0.15) is 0 Å². The monoisotopic (exact) mass is 353 g/mol. The molecule has 3 saturated carbocycles. The first-order chi connectivity index (χ1) is 11.6. The van der Waals surface area contributed by atoms with Gasteiger partial charge in [0.15, 0.2) is 0 Å². The standard InChI is InChI=1S/C19H31NO5/c1-17(2,3)25-16(23)20(14-4-11-24-12-14)13-18-5-8-19(9-6-18,10-7-18)15(21)22/h14H,4-13H2,1-3H3,(H,21,22). The van der Waals surface area contributed by atoms with Gasteiger partial charge in [-0.15, -0.1) is 0 Å². The Labute approximate surface area is 149 Å². The van der Waals surface area contributed by atoms with Gasteiger partial charge in [-0.1, -0.05) is 0 Å². The molecule has 6 heteroatoms. The van der Waals surface area contributed by atoms with Crippen LogP contribution >= 0.6 is 0 Å². The van der Waals surface area contributed by atoms with Gasteiger partial charge in [0, 0.05) is 13.2 Å². The average Bonchev–Trinajstić information content (AvgIpc) is 3.07. The highest BCUT2D eigenvalue weighted by Crippen LogP contribution is 2.57. The van der Waals surface area contributed by atoms with Crippen molar-refractivity contribution in [3.05, 3.63) is 0 Å². The van der Waals surface area contributed by atoms with Crippen LogP contribution in [0.4, 0.5) is 4.79 Å². The number of carbonyl (C=O) groups excluding carboxylic acids is 1. The van der Waals surface area contributed by atoms with Gasteiger partial charge >= 0.3 is 12.1 Å². The fourth-order valence-electron chi connectivity index (χ4n) is 4.61. The summed E-state index contributed by atoms with van der Waals surface area (Å²) in [6.07, 6.45) is 5.40. The number of carbonyl (C=O) groups is 2. The van der Waals surface area contributed by atoms with Gasteiger partial charge in [0.05, 0.1) is 18.1 Å². The highest BCUT2D eigenvalue weighted by Gasteiger charge is 2.53. The first kappa shape index (κ1) is 18.5. The van der Waals surface area contributed by atoms with E-state index in [1.54, 1.807) is 0 Å². The molecule has 2 bridgehead atoms. The second kappa shape index (κ2) is 6.45. The Morgan fingerprint density at radius 2 is 1.76 bits per heavy atom. The van der Waals surface area contributed by atoms with Gasteiger partial charge in [-0.3, -0.25) is 4.79 Å². The van der Waals surface area contributed by atoms with Crippen LogP contribution in [0.1, 0.15) is 65.7 Å². The molecule has 25 heavy (non-hydrogen) atoms. The van der Waals surface area contributed by atoms with E-state index in [9.17, 15) is 14.7 Å². The zero-order valence-corrected chi connectivity index (χ0v) is 15.7. The number of aliphatic carboxylic acids is 1. The number of ether oxygens (including phenoxy) is 2. The van der Waals surface area contributed by atoms with E-state index in [1.165, 1.54) is 0 Å². The van der Waals surface area contributed by atoms with Crippen LogP contribution in [-0.4, -0.2) is 53.5 Å². The van der Waals surface area contributed by atoms with Crippen LogP contribution in [0.5, 0.6) is 0 Å². The molecule has 0 aromatic rings. The number of carboxylic acids is 1. The summed E-state index contributed by atoms with van der Waals surface area (Å²) in [4.78, 5) is 26.3. The van der Waals surface area contributed by atoms with E-state index >= 15 is 0 Å². The van der Waals surface area contributed by atoms with Crippen molar-refractivity contribution < 1.29 is 24.2 Å². The molecule has 1 aliphatic heterocycles. The molecule has 142 valence electrons. The van der Waals surface area contributed by atoms with E-state index in [-0.39, 0.29) is 17.6 Å². The second-order valence-electron chi connectivity index (χ2n) is 9.21. The number of hydrogen-bond acceptors (Lipinski definition) is 4. The number of carboxylic acid groups (broad SMARTS) is 1. The minimum Gasteiger partial charge on any atom is -0.481 e. The molecule has 1 N–H and O–H groups in total. The minimum atomic E-state index is -0.644. The third kappa shape index (κ3) is 3.78. The van der Waals surface area contributed by atoms with Crippen molar-refractivity contribution >= 4 is 12.1 Å². The normalized spacial score (nSPS) is 34.8. The highest BCUT2D eigenvalue weighted by molar-refractivity contribution is 5.75. The molecule has 1 heterocycles. The zero-order valence-electron chi connectivity index (χ0n) is 15.7. The lowest BCUT2D eigenvalue weighted by atomic mass is 9.53. The molecule has 0 spiro atoms. The number of hydrogen-bond donors (Lipinski definition) is 1. The number of fused-ring (bicyclic) bond motifs is 3. The average molecular weight is 353 g/mol. The Balaban J connectivity index is 1.72. The lowest BCUT2D eigenvalue weighted by molar-refractivity contribution is -0.159. The molecule has 4 fully saturated rings. The van der Waals surface area contributed by atoms with Crippen molar-refractivity contribution in [1.82, 2.24) is 4.90 Å². The second-order valence-corrected chi connectivity index (χ2v) is 9.21. The Bertz CT molecular complexity index is 508. The summed E-state index contributed by atoms with van der Waals surface area (Å²) in [6, 6.07) is 0.0670. The van der Waals surface area contributed by atoms with Crippen LogP contribution in [0, 0.1) is 10.8 Å². The largest absolute Gasteiger partial charge is 0.481 e. The lowest BCUT2D eigenvalue weighted by Gasteiger charge is -2.53. The van der Waals surface area contributed by atoms with Gasteiger partial charge in [0.1, 0.15) is 5.60 Å². The van der Waals surface area contributed by atoms with E-state index in [2.05, 4.69) is 0 Å². The molecule has 3 aliphatic carbocycles. The van der Waals surface area contributed by atoms with Crippen LogP contribution in [0.25, 0.3) is 0 Å². The Kier molecular flexibility index (Phi) is 4.77. The molecule has 0 aromatic heterocycles. The molecule has 6 nitrogen and oxygen atoms in total. The molecule has 1 amide bonds. The first-order valence-corrected chi connectivity index (χ1v) is 9.46. The third-order valence-corrected chi connectivity index (χ3v) is 6.34. The van der Waals surface area contributed by atoms with Crippen LogP contribution in [0.2, 0.25) is 0 Å². The molecule has 0 aromatic carbocycles. The molecular formula is C19H31NO5. The predicted molar refractivity (Wildman–Crippen MR) is 92.4 cm³/mol. The fourth-order valence-corrected chi connectivity index (χ4v) is 4.61. The van der Waals surface area contributed by atoms with E-state index in [0.29, 0.717) is 19.8 Å². The lowest BCUT2D eigenvalue weighted by Crippen LogP contribution is -2.54. The number of amides is 1. The minimum absolute atomic E-state index is 0.0384. The van der Waals surface area contributed by atoms with E-state index in [4.69, 9.17) is 9.47 Å². The van der Waals surface area contributed by atoms with Gasteiger partial charge in [0.2, 0.25) is 0 Å². The summed E-state index contributed by atoms with van der Waals surface area (Å²) in [6.45, 7) is 7.55. The summed E-state index contributed by atoms with van der Waals surface area (Å²) in [5.74, 6) is -0.644. The van der Waals surface area contributed by atoms with Crippen LogP contribution in [0.3, 0.4) is 0 Å². The molecule has 0 radical (unpaired) electrons. The number of rotatable bonds is 4.